The molecule has 1 atom stereocenters. The molecule has 4 heteroatoms. The van der Waals surface area contributed by atoms with Gasteiger partial charge in [0.05, 0.1) is 6.61 Å². The van der Waals surface area contributed by atoms with E-state index >= 15 is 0 Å². The fourth-order valence-corrected chi connectivity index (χ4v) is 3.57. The van der Waals surface area contributed by atoms with E-state index < -0.39 is 6.10 Å². The van der Waals surface area contributed by atoms with Gasteiger partial charge in [-0.1, -0.05) is 102 Å². The molecule has 2 N–H and O–H groups in total. The molecule has 0 aromatic heterocycles. The van der Waals surface area contributed by atoms with Crippen LogP contribution in [0.25, 0.3) is 0 Å². The number of carbonyl (C=O) groups excluding carboxylic acids is 1. The van der Waals surface area contributed by atoms with Gasteiger partial charge in [0, 0.05) is 6.42 Å². The van der Waals surface area contributed by atoms with Crippen LogP contribution in [0.15, 0.2) is 24.3 Å². The van der Waals surface area contributed by atoms with Crippen LogP contribution in [0.2, 0.25) is 0 Å². The van der Waals surface area contributed by atoms with Gasteiger partial charge in [-0.2, -0.15) is 0 Å². The number of carbonyl (C=O) groups is 1. The Morgan fingerprint density at radius 1 is 0.719 bits per heavy atom. The molecule has 0 heterocycles. The van der Waals surface area contributed by atoms with Crippen LogP contribution < -0.4 is 0 Å². The quantitative estimate of drug-likeness (QED) is 0.0970. The lowest BCUT2D eigenvalue weighted by Crippen LogP contribution is -2.21. The van der Waals surface area contributed by atoms with Gasteiger partial charge in [0.15, 0.2) is 0 Å². The molecule has 0 aliphatic heterocycles. The maximum absolute atomic E-state index is 11.4. The summed E-state index contributed by atoms with van der Waals surface area (Å²) in [4.78, 5) is 11.4. The molecule has 0 amide bonds. The second-order valence-corrected chi connectivity index (χ2v) is 9.44. The largest absolute Gasteiger partial charge is 0.463 e. The summed E-state index contributed by atoms with van der Waals surface area (Å²) >= 11 is 0. The first kappa shape index (κ1) is 30.9. The minimum Gasteiger partial charge on any atom is -0.463 e. The summed E-state index contributed by atoms with van der Waals surface area (Å²) in [5.74, 6) is 0.547. The van der Waals surface area contributed by atoms with Crippen molar-refractivity contribution in [3.8, 4) is 0 Å². The van der Waals surface area contributed by atoms with Crippen molar-refractivity contribution in [2.24, 2.45) is 5.92 Å². The Morgan fingerprint density at radius 3 is 1.72 bits per heavy atom. The number of rotatable bonds is 23. The molecule has 0 bridgehead atoms. The van der Waals surface area contributed by atoms with Gasteiger partial charge in [-0.3, -0.25) is 4.79 Å². The van der Waals surface area contributed by atoms with Gasteiger partial charge >= 0.3 is 5.97 Å². The molecule has 4 nitrogen and oxygen atoms in total. The van der Waals surface area contributed by atoms with Crippen LogP contribution in [0.3, 0.4) is 0 Å². The van der Waals surface area contributed by atoms with E-state index in [0.717, 1.165) is 31.6 Å². The molecule has 0 aliphatic rings. The third kappa shape index (κ3) is 25.1. The number of unbranched alkanes of at least 4 members (excludes halogenated alkanes) is 12. The molecule has 0 radical (unpaired) electrons. The average molecular weight is 453 g/mol. The number of hydrogen-bond donors (Lipinski definition) is 2. The van der Waals surface area contributed by atoms with Crippen molar-refractivity contribution in [1.82, 2.24) is 0 Å². The standard InChI is InChI=1S/C28H52O4/c1-26(2)22-20-18-16-14-12-10-8-6-4-3-5-7-9-11-13-15-17-19-21-23-28(31)32-25-27(30)24-29/h7,9,15,17,26-27,29-30H,3-6,8,10-14,16,18-25H2,1-2H3/b9-7-,17-15-. The monoisotopic (exact) mass is 452 g/mol. The van der Waals surface area contributed by atoms with Crippen LogP contribution in [-0.2, 0) is 9.53 Å². The normalized spacial score (nSPS) is 12.9. The minimum absolute atomic E-state index is 0.129. The highest BCUT2D eigenvalue weighted by molar-refractivity contribution is 5.69. The fraction of sp³-hybridized carbons (Fsp3) is 0.821. The lowest BCUT2D eigenvalue weighted by molar-refractivity contribution is -0.147. The number of ether oxygens (including phenoxy) is 1. The van der Waals surface area contributed by atoms with E-state index in [2.05, 4.69) is 38.2 Å². The smallest absolute Gasteiger partial charge is 0.305 e. The van der Waals surface area contributed by atoms with Gasteiger partial charge in [-0.05, 0) is 44.4 Å². The summed E-state index contributed by atoms with van der Waals surface area (Å²) in [5, 5.41) is 17.8. The highest BCUT2D eigenvalue weighted by atomic mass is 16.5. The van der Waals surface area contributed by atoms with Crippen molar-refractivity contribution in [2.75, 3.05) is 13.2 Å². The first-order valence-electron chi connectivity index (χ1n) is 13.3. The Bertz CT molecular complexity index is 456. The molecule has 0 rings (SSSR count). The fourth-order valence-electron chi connectivity index (χ4n) is 3.57. The molecule has 1 unspecified atom stereocenters. The van der Waals surface area contributed by atoms with E-state index in [1.54, 1.807) is 0 Å². The van der Waals surface area contributed by atoms with Gasteiger partial charge in [-0.25, -0.2) is 0 Å². The van der Waals surface area contributed by atoms with E-state index in [4.69, 9.17) is 14.9 Å². The predicted molar refractivity (Wildman–Crippen MR) is 136 cm³/mol. The lowest BCUT2D eigenvalue weighted by atomic mass is 10.0. The van der Waals surface area contributed by atoms with Gasteiger partial charge in [0.1, 0.15) is 12.7 Å². The number of hydrogen-bond acceptors (Lipinski definition) is 4. The predicted octanol–water partition coefficient (Wildman–Crippen LogP) is 7.28. The van der Waals surface area contributed by atoms with Crippen molar-refractivity contribution in [3.05, 3.63) is 24.3 Å². The molecular formula is C28H52O4. The second-order valence-electron chi connectivity index (χ2n) is 9.44. The van der Waals surface area contributed by atoms with E-state index in [1.807, 2.05) is 0 Å². The molecule has 0 spiro atoms. The van der Waals surface area contributed by atoms with Crippen molar-refractivity contribution in [3.63, 3.8) is 0 Å². The van der Waals surface area contributed by atoms with Crippen molar-refractivity contribution in [2.45, 2.75) is 129 Å². The van der Waals surface area contributed by atoms with Gasteiger partial charge in [-0.15, -0.1) is 0 Å². The second kappa shape index (κ2) is 24.5. The van der Waals surface area contributed by atoms with E-state index in [1.165, 1.54) is 77.0 Å². The van der Waals surface area contributed by atoms with E-state index in [-0.39, 0.29) is 19.2 Å². The number of aliphatic hydroxyl groups excluding tert-OH is 2. The van der Waals surface area contributed by atoms with Gasteiger partial charge in [0.25, 0.3) is 0 Å². The Hall–Kier alpha value is -1.13. The topological polar surface area (TPSA) is 66.8 Å². The van der Waals surface area contributed by atoms with Crippen LogP contribution >= 0.6 is 0 Å². The maximum Gasteiger partial charge on any atom is 0.305 e. The summed E-state index contributed by atoms with van der Waals surface area (Å²) in [6.45, 7) is 4.12. The molecule has 0 fully saturated rings. The van der Waals surface area contributed by atoms with Crippen molar-refractivity contribution in [1.29, 1.82) is 0 Å². The SMILES string of the molecule is CC(C)CCCCCCCCCCCC/C=C\CC/C=C\CCCC(=O)OCC(O)CO. The molecule has 0 saturated heterocycles. The summed E-state index contributed by atoms with van der Waals surface area (Å²) in [6.07, 6.45) is 28.6. The maximum atomic E-state index is 11.4. The molecule has 32 heavy (non-hydrogen) atoms. The zero-order valence-electron chi connectivity index (χ0n) is 21.1. The molecule has 0 saturated carbocycles. The van der Waals surface area contributed by atoms with Crippen LogP contribution in [0.4, 0.5) is 0 Å². The lowest BCUT2D eigenvalue weighted by Gasteiger charge is -2.07. The van der Waals surface area contributed by atoms with Gasteiger partial charge in [0.2, 0.25) is 0 Å². The summed E-state index contributed by atoms with van der Waals surface area (Å²) in [7, 11) is 0. The number of aliphatic hydroxyl groups is 2. The zero-order chi connectivity index (χ0) is 23.7. The first-order valence-corrected chi connectivity index (χ1v) is 13.3. The van der Waals surface area contributed by atoms with E-state index in [9.17, 15) is 4.79 Å². The highest BCUT2D eigenvalue weighted by Crippen LogP contribution is 2.14. The van der Waals surface area contributed by atoms with Crippen molar-refractivity contribution < 1.29 is 19.7 Å². The summed E-state index contributed by atoms with van der Waals surface area (Å²) in [6, 6.07) is 0. The Labute approximate surface area is 198 Å². The van der Waals surface area contributed by atoms with Crippen LogP contribution in [0.5, 0.6) is 0 Å². The zero-order valence-corrected chi connectivity index (χ0v) is 21.1. The molecule has 0 aromatic rings. The summed E-state index contributed by atoms with van der Waals surface area (Å²) < 4.78 is 4.86. The Kier molecular flexibility index (Phi) is 23.6. The first-order chi connectivity index (χ1) is 15.6. The highest BCUT2D eigenvalue weighted by Gasteiger charge is 2.06. The van der Waals surface area contributed by atoms with Crippen LogP contribution in [0.1, 0.15) is 123 Å². The molecule has 0 aliphatic carbocycles. The number of allylic oxidation sites excluding steroid dienone is 4. The minimum atomic E-state index is -0.976. The third-order valence-corrected chi connectivity index (χ3v) is 5.63. The molecule has 188 valence electrons. The Balaban J connectivity index is 3.28. The number of esters is 1. The van der Waals surface area contributed by atoms with E-state index in [0.29, 0.717) is 6.42 Å². The third-order valence-electron chi connectivity index (χ3n) is 5.63. The summed E-state index contributed by atoms with van der Waals surface area (Å²) in [5.41, 5.74) is 0. The van der Waals surface area contributed by atoms with Crippen LogP contribution in [-0.4, -0.2) is 35.5 Å². The van der Waals surface area contributed by atoms with Crippen molar-refractivity contribution >= 4 is 5.97 Å². The average Bonchev–Trinajstić information content (AvgIpc) is 2.78. The van der Waals surface area contributed by atoms with Crippen LogP contribution in [0, 0.1) is 5.92 Å². The molecule has 0 aromatic carbocycles. The molecular weight excluding hydrogens is 400 g/mol. The van der Waals surface area contributed by atoms with Gasteiger partial charge < -0.3 is 14.9 Å². The Morgan fingerprint density at radius 2 is 1.19 bits per heavy atom.